The van der Waals surface area contributed by atoms with Crippen LogP contribution in [-0.4, -0.2) is 36.0 Å². The minimum absolute atomic E-state index is 0.0787. The second-order valence-electron chi connectivity index (χ2n) is 6.56. The molecule has 4 rings (SSSR count). The number of carbonyl (C=O) groups excluding carboxylic acids is 1. The Morgan fingerprint density at radius 3 is 2.82 bits per heavy atom. The number of ether oxygens (including phenoxy) is 1. The van der Waals surface area contributed by atoms with E-state index in [2.05, 4.69) is 4.98 Å². The molecule has 0 bridgehead atoms. The van der Waals surface area contributed by atoms with Crippen LogP contribution in [0, 0.1) is 5.41 Å². The fraction of sp³-hybridized carbons (Fsp3) is 0.471. The van der Waals surface area contributed by atoms with Gasteiger partial charge in [0.1, 0.15) is 11.4 Å². The Labute approximate surface area is 134 Å². The minimum Gasteiger partial charge on any atom is -0.495 e. The zero-order valence-electron chi connectivity index (χ0n) is 12.6. The van der Waals surface area contributed by atoms with Gasteiger partial charge in [0.25, 0.3) is 5.91 Å². The predicted molar refractivity (Wildman–Crippen MR) is 86.7 cm³/mol. The number of carbonyl (C=O) groups is 1. The average molecular weight is 319 g/mol. The highest BCUT2D eigenvalue weighted by molar-refractivity contribution is 6.37. The summed E-state index contributed by atoms with van der Waals surface area (Å²) in [5.41, 5.74) is 1.90. The average Bonchev–Trinajstić information content (AvgIpc) is 3.11. The fourth-order valence-electron chi connectivity index (χ4n) is 3.79. The normalized spacial score (nSPS) is 19.6. The van der Waals surface area contributed by atoms with Crippen LogP contribution in [-0.2, 0) is 0 Å². The summed E-state index contributed by atoms with van der Waals surface area (Å²) in [5.74, 6) is 0.705. The number of rotatable bonds is 2. The van der Waals surface area contributed by atoms with Gasteiger partial charge in [-0.05, 0) is 42.9 Å². The number of likely N-dealkylation sites (tertiary alicyclic amines) is 1. The van der Waals surface area contributed by atoms with Gasteiger partial charge in [0.15, 0.2) is 0 Å². The second-order valence-corrected chi connectivity index (χ2v) is 6.93. The lowest BCUT2D eigenvalue weighted by molar-refractivity contribution is 0.0727. The molecule has 4 nitrogen and oxygen atoms in total. The van der Waals surface area contributed by atoms with Crippen molar-refractivity contribution >= 4 is 28.4 Å². The molecule has 2 heterocycles. The van der Waals surface area contributed by atoms with Crippen LogP contribution in [0.15, 0.2) is 18.2 Å². The molecule has 1 spiro atoms. The lowest BCUT2D eigenvalue weighted by Gasteiger charge is -2.37. The van der Waals surface area contributed by atoms with Crippen molar-refractivity contribution in [3.63, 3.8) is 0 Å². The minimum atomic E-state index is 0.0787. The Morgan fingerprint density at radius 2 is 2.18 bits per heavy atom. The molecule has 1 saturated carbocycles. The van der Waals surface area contributed by atoms with Gasteiger partial charge < -0.3 is 14.6 Å². The number of benzene rings is 1. The van der Waals surface area contributed by atoms with Crippen molar-refractivity contribution in [1.29, 1.82) is 0 Å². The molecule has 5 heteroatoms. The van der Waals surface area contributed by atoms with Gasteiger partial charge in [-0.3, -0.25) is 4.79 Å². The molecular weight excluding hydrogens is 300 g/mol. The molecule has 2 aromatic rings. The Hall–Kier alpha value is -1.68. The number of nitrogens with one attached hydrogen (secondary N) is 1. The van der Waals surface area contributed by atoms with Crippen LogP contribution < -0.4 is 4.74 Å². The van der Waals surface area contributed by atoms with Crippen LogP contribution in [0.2, 0.25) is 5.02 Å². The molecular formula is C17H19ClN2O2. The van der Waals surface area contributed by atoms with Crippen LogP contribution in [0.3, 0.4) is 0 Å². The molecule has 0 atom stereocenters. The number of halogens is 1. The van der Waals surface area contributed by atoms with E-state index in [-0.39, 0.29) is 5.91 Å². The highest BCUT2D eigenvalue weighted by Crippen LogP contribution is 2.48. The third kappa shape index (κ3) is 2.01. The van der Waals surface area contributed by atoms with Crippen molar-refractivity contribution in [1.82, 2.24) is 9.88 Å². The number of hydrogen-bond acceptors (Lipinski definition) is 2. The molecule has 1 aromatic heterocycles. The summed E-state index contributed by atoms with van der Waals surface area (Å²) >= 11 is 6.33. The van der Waals surface area contributed by atoms with E-state index in [0.29, 0.717) is 21.9 Å². The van der Waals surface area contributed by atoms with E-state index in [4.69, 9.17) is 16.3 Å². The van der Waals surface area contributed by atoms with Gasteiger partial charge in [0.2, 0.25) is 0 Å². The standard InChI is InChI=1S/C17H19ClN2O2/c1-22-14-4-3-12-11(15(14)18)9-13(19-12)16(21)20-8-7-17(10-20)5-2-6-17/h3-4,9,19H,2,5-8,10H2,1H3. The Balaban J connectivity index is 1.63. The van der Waals surface area contributed by atoms with E-state index in [1.54, 1.807) is 7.11 Å². The van der Waals surface area contributed by atoms with E-state index in [1.807, 2.05) is 23.1 Å². The lowest BCUT2D eigenvalue weighted by Crippen LogP contribution is -2.35. The predicted octanol–water partition coefficient (Wildman–Crippen LogP) is 3.85. The van der Waals surface area contributed by atoms with Crippen molar-refractivity contribution in [2.24, 2.45) is 5.41 Å². The lowest BCUT2D eigenvalue weighted by atomic mass is 9.68. The fourth-order valence-corrected chi connectivity index (χ4v) is 4.08. The summed E-state index contributed by atoms with van der Waals surface area (Å²) in [7, 11) is 1.59. The largest absolute Gasteiger partial charge is 0.495 e. The van der Waals surface area contributed by atoms with Crippen molar-refractivity contribution < 1.29 is 9.53 Å². The maximum atomic E-state index is 12.7. The van der Waals surface area contributed by atoms with E-state index < -0.39 is 0 Å². The van der Waals surface area contributed by atoms with Gasteiger partial charge in [-0.2, -0.15) is 0 Å². The van der Waals surface area contributed by atoms with Crippen LogP contribution >= 0.6 is 11.6 Å². The Morgan fingerprint density at radius 1 is 1.36 bits per heavy atom. The molecule has 1 aliphatic heterocycles. The van der Waals surface area contributed by atoms with Crippen molar-refractivity contribution in [3.8, 4) is 5.75 Å². The van der Waals surface area contributed by atoms with E-state index in [9.17, 15) is 4.79 Å². The highest BCUT2D eigenvalue weighted by atomic mass is 35.5. The first-order valence-electron chi connectivity index (χ1n) is 7.76. The molecule has 0 radical (unpaired) electrons. The smallest absolute Gasteiger partial charge is 0.270 e. The van der Waals surface area contributed by atoms with E-state index >= 15 is 0 Å². The number of hydrogen-bond donors (Lipinski definition) is 1. The van der Waals surface area contributed by atoms with E-state index in [1.165, 1.54) is 19.3 Å². The SMILES string of the molecule is COc1ccc2[nH]c(C(=O)N3CCC4(CCC4)C3)cc2c1Cl. The molecule has 1 aromatic carbocycles. The Kier molecular flexibility index (Phi) is 3.12. The van der Waals surface area contributed by atoms with Crippen LogP contribution in [0.5, 0.6) is 5.75 Å². The van der Waals surface area contributed by atoms with Crippen LogP contribution in [0.1, 0.15) is 36.2 Å². The van der Waals surface area contributed by atoms with Gasteiger partial charge >= 0.3 is 0 Å². The Bertz CT molecular complexity index is 748. The van der Waals surface area contributed by atoms with Gasteiger partial charge in [-0.25, -0.2) is 0 Å². The molecule has 22 heavy (non-hydrogen) atoms. The van der Waals surface area contributed by atoms with Crippen LogP contribution in [0.25, 0.3) is 10.9 Å². The molecule has 1 aliphatic carbocycles. The third-order valence-corrected chi connectivity index (χ3v) is 5.68. The van der Waals surface area contributed by atoms with Gasteiger partial charge in [-0.15, -0.1) is 0 Å². The summed E-state index contributed by atoms with van der Waals surface area (Å²) in [6.45, 7) is 1.77. The third-order valence-electron chi connectivity index (χ3n) is 5.29. The summed E-state index contributed by atoms with van der Waals surface area (Å²) in [6.07, 6.45) is 5.00. The molecule has 1 amide bonds. The molecule has 2 fully saturated rings. The highest BCUT2D eigenvalue weighted by Gasteiger charge is 2.44. The van der Waals surface area contributed by atoms with E-state index in [0.717, 1.165) is 30.4 Å². The van der Waals surface area contributed by atoms with Crippen LogP contribution in [0.4, 0.5) is 0 Å². The monoisotopic (exact) mass is 318 g/mol. The number of aromatic nitrogens is 1. The van der Waals surface area contributed by atoms with Gasteiger partial charge in [0, 0.05) is 24.0 Å². The number of amides is 1. The summed E-state index contributed by atoms with van der Waals surface area (Å²) in [4.78, 5) is 17.9. The number of nitrogens with zero attached hydrogens (tertiary/aromatic N) is 1. The first kappa shape index (κ1) is 13.9. The summed E-state index contributed by atoms with van der Waals surface area (Å²) in [6, 6.07) is 5.55. The second kappa shape index (κ2) is 4.92. The zero-order valence-corrected chi connectivity index (χ0v) is 13.4. The van der Waals surface area contributed by atoms with Crippen molar-refractivity contribution in [2.75, 3.05) is 20.2 Å². The number of aromatic amines is 1. The number of H-pyrrole nitrogens is 1. The van der Waals surface area contributed by atoms with Crippen molar-refractivity contribution in [3.05, 3.63) is 28.9 Å². The van der Waals surface area contributed by atoms with Gasteiger partial charge in [-0.1, -0.05) is 18.0 Å². The van der Waals surface area contributed by atoms with Gasteiger partial charge in [0.05, 0.1) is 12.1 Å². The summed E-state index contributed by atoms with van der Waals surface area (Å²) < 4.78 is 5.23. The molecule has 2 aliphatic rings. The van der Waals surface area contributed by atoms with Crippen molar-refractivity contribution in [2.45, 2.75) is 25.7 Å². The molecule has 116 valence electrons. The molecule has 1 N–H and O–H groups in total. The maximum Gasteiger partial charge on any atom is 0.270 e. The topological polar surface area (TPSA) is 45.3 Å². The number of methoxy groups -OCH3 is 1. The number of fused-ring (bicyclic) bond motifs is 1. The first-order valence-corrected chi connectivity index (χ1v) is 8.14. The quantitative estimate of drug-likeness (QED) is 0.914. The first-order chi connectivity index (χ1) is 10.6. The zero-order chi connectivity index (χ0) is 15.3. The maximum absolute atomic E-state index is 12.7. The molecule has 1 saturated heterocycles. The molecule has 0 unspecified atom stereocenters. The summed E-state index contributed by atoms with van der Waals surface area (Å²) in [5, 5.41) is 1.38.